The number of carbonyl (C=O) groups excluding carboxylic acids is 2. The Hall–Kier alpha value is -1.93. The Kier molecular flexibility index (Phi) is 7.16. The summed E-state index contributed by atoms with van der Waals surface area (Å²) in [6, 6.07) is 7.02. The van der Waals surface area contributed by atoms with E-state index in [2.05, 4.69) is 10.1 Å². The Morgan fingerprint density at radius 2 is 1.85 bits per heavy atom. The van der Waals surface area contributed by atoms with E-state index in [9.17, 15) is 18.0 Å². The van der Waals surface area contributed by atoms with E-state index in [4.69, 9.17) is 5.73 Å². The number of rotatable bonds is 7. The molecule has 0 aliphatic heterocycles. The second-order valence-electron chi connectivity index (χ2n) is 6.77. The van der Waals surface area contributed by atoms with Crippen LogP contribution in [0.15, 0.2) is 24.3 Å². The first-order chi connectivity index (χ1) is 12.3. The van der Waals surface area contributed by atoms with Gasteiger partial charge in [0.2, 0.25) is 5.91 Å². The van der Waals surface area contributed by atoms with Crippen LogP contribution in [-0.2, 0) is 36.5 Å². The molecule has 0 radical (unpaired) electrons. The molecular formula is C18H26N2O5S. The van der Waals surface area contributed by atoms with Gasteiger partial charge in [-0.3, -0.25) is 9.59 Å². The summed E-state index contributed by atoms with van der Waals surface area (Å²) in [4.78, 5) is 23.3. The van der Waals surface area contributed by atoms with Crippen LogP contribution in [0.3, 0.4) is 0 Å². The van der Waals surface area contributed by atoms with Gasteiger partial charge in [-0.1, -0.05) is 30.7 Å². The van der Waals surface area contributed by atoms with E-state index in [1.54, 1.807) is 24.3 Å². The second kappa shape index (κ2) is 9.14. The molecule has 144 valence electrons. The van der Waals surface area contributed by atoms with Gasteiger partial charge < -0.3 is 15.8 Å². The van der Waals surface area contributed by atoms with Gasteiger partial charge in [0.15, 0.2) is 9.84 Å². The molecule has 1 saturated carbocycles. The highest BCUT2D eigenvalue weighted by atomic mass is 32.2. The van der Waals surface area contributed by atoms with Crippen molar-refractivity contribution in [1.82, 2.24) is 5.32 Å². The number of benzene rings is 1. The first-order valence-electron chi connectivity index (χ1n) is 8.67. The lowest BCUT2D eigenvalue weighted by molar-refractivity contribution is -0.137. The van der Waals surface area contributed by atoms with Gasteiger partial charge in [0.05, 0.1) is 12.9 Å². The van der Waals surface area contributed by atoms with Crippen molar-refractivity contribution >= 4 is 21.7 Å². The topological polar surface area (TPSA) is 116 Å². The number of hydrogen-bond donors (Lipinski definition) is 2. The molecule has 26 heavy (non-hydrogen) atoms. The minimum absolute atomic E-state index is 0.0184. The van der Waals surface area contributed by atoms with Crippen LogP contribution >= 0.6 is 0 Å². The lowest BCUT2D eigenvalue weighted by atomic mass is 9.85. The lowest BCUT2D eigenvalue weighted by Crippen LogP contribution is -2.37. The van der Waals surface area contributed by atoms with Gasteiger partial charge in [-0.25, -0.2) is 8.42 Å². The van der Waals surface area contributed by atoms with Crippen LogP contribution in [0.1, 0.15) is 36.8 Å². The van der Waals surface area contributed by atoms with Crippen molar-refractivity contribution in [2.24, 2.45) is 11.7 Å². The van der Waals surface area contributed by atoms with Gasteiger partial charge in [0.1, 0.15) is 5.75 Å². The molecule has 3 N–H and O–H groups in total. The Morgan fingerprint density at radius 3 is 2.46 bits per heavy atom. The molecule has 0 heterocycles. The molecule has 2 unspecified atom stereocenters. The Balaban J connectivity index is 1.85. The Labute approximate surface area is 154 Å². The average molecular weight is 382 g/mol. The van der Waals surface area contributed by atoms with E-state index in [-0.39, 0.29) is 23.6 Å². The normalized spacial score (nSPS) is 20.4. The molecule has 0 saturated heterocycles. The average Bonchev–Trinajstić information content (AvgIpc) is 2.60. The zero-order chi connectivity index (χ0) is 19.2. The third-order valence-corrected chi connectivity index (χ3v) is 5.98. The summed E-state index contributed by atoms with van der Waals surface area (Å²) in [5, 5.41) is 2.92. The molecule has 7 nitrogen and oxygen atoms in total. The zero-order valence-electron chi connectivity index (χ0n) is 14.9. The summed E-state index contributed by atoms with van der Waals surface area (Å²) in [5.41, 5.74) is 7.39. The summed E-state index contributed by atoms with van der Waals surface area (Å²) >= 11 is 0. The van der Waals surface area contributed by atoms with E-state index in [1.165, 1.54) is 0 Å². The first-order valence-corrected chi connectivity index (χ1v) is 10.5. The number of sulfone groups is 1. The number of hydrogen-bond acceptors (Lipinski definition) is 6. The van der Waals surface area contributed by atoms with Gasteiger partial charge >= 0.3 is 5.97 Å². The molecule has 2 rings (SSSR count). The molecule has 1 fully saturated rings. The fraction of sp³-hybridized carbons (Fsp3) is 0.556. The van der Waals surface area contributed by atoms with Crippen LogP contribution in [0, 0.1) is 5.92 Å². The monoisotopic (exact) mass is 382 g/mol. The van der Waals surface area contributed by atoms with Crippen molar-refractivity contribution in [3.8, 4) is 0 Å². The maximum atomic E-state index is 12.2. The van der Waals surface area contributed by atoms with Crippen LogP contribution in [0.5, 0.6) is 0 Å². The third kappa shape index (κ3) is 6.42. The minimum atomic E-state index is -3.56. The number of amides is 1. The number of carbonyl (C=O) groups is 2. The van der Waals surface area contributed by atoms with E-state index in [0.29, 0.717) is 12.1 Å². The first kappa shape index (κ1) is 20.4. The molecule has 2 atom stereocenters. The number of nitrogens with two attached hydrogens (primary N) is 1. The summed E-state index contributed by atoms with van der Waals surface area (Å²) in [6.45, 7) is 0.389. The van der Waals surface area contributed by atoms with Gasteiger partial charge in [0.25, 0.3) is 0 Å². The van der Waals surface area contributed by atoms with Crippen LogP contribution < -0.4 is 11.1 Å². The molecular weight excluding hydrogens is 356 g/mol. The fourth-order valence-corrected chi connectivity index (χ4v) is 4.38. The maximum Gasteiger partial charge on any atom is 0.320 e. The quantitative estimate of drug-likeness (QED) is 0.677. The number of esters is 1. The van der Waals surface area contributed by atoms with Crippen LogP contribution in [0.2, 0.25) is 0 Å². The Morgan fingerprint density at radius 1 is 1.19 bits per heavy atom. The molecule has 0 spiro atoms. The van der Waals surface area contributed by atoms with Gasteiger partial charge in [-0.2, -0.15) is 0 Å². The van der Waals surface area contributed by atoms with E-state index in [1.807, 2.05) is 0 Å². The largest absolute Gasteiger partial charge is 0.468 e. The highest BCUT2D eigenvalue weighted by molar-refractivity contribution is 7.91. The highest BCUT2D eigenvalue weighted by Gasteiger charge is 2.25. The van der Waals surface area contributed by atoms with E-state index >= 15 is 0 Å². The summed E-state index contributed by atoms with van der Waals surface area (Å²) in [6.07, 6.45) is 3.55. The standard InChI is InChI=1S/C18H26N2O5S/c1-25-17(21)12-26(23,24)11-14-7-5-13(6-8-14)10-20-18(22)15-3-2-4-16(19)9-15/h5-8,15-16H,2-4,9-12,19H2,1H3,(H,20,22). The Bertz CT molecular complexity index is 730. The van der Waals surface area contributed by atoms with Crippen molar-refractivity contribution < 1.29 is 22.7 Å². The number of methoxy groups -OCH3 is 1. The van der Waals surface area contributed by atoms with Crippen molar-refractivity contribution in [2.75, 3.05) is 12.9 Å². The smallest absolute Gasteiger partial charge is 0.320 e. The predicted molar refractivity (Wildman–Crippen MR) is 97.7 cm³/mol. The fourth-order valence-electron chi connectivity index (χ4n) is 3.10. The molecule has 1 aromatic rings. The number of nitrogens with one attached hydrogen (secondary N) is 1. The second-order valence-corrected chi connectivity index (χ2v) is 8.83. The SMILES string of the molecule is COC(=O)CS(=O)(=O)Cc1ccc(CNC(=O)C2CCCC(N)C2)cc1. The number of ether oxygens (including phenoxy) is 1. The molecule has 1 aromatic carbocycles. The molecule has 0 aromatic heterocycles. The van der Waals surface area contributed by atoms with E-state index in [0.717, 1.165) is 38.4 Å². The minimum Gasteiger partial charge on any atom is -0.468 e. The summed E-state index contributed by atoms with van der Waals surface area (Å²) in [5.74, 6) is -1.64. The lowest BCUT2D eigenvalue weighted by Gasteiger charge is -2.25. The van der Waals surface area contributed by atoms with Gasteiger partial charge in [-0.05, 0) is 30.4 Å². The van der Waals surface area contributed by atoms with Crippen molar-refractivity contribution in [1.29, 1.82) is 0 Å². The highest BCUT2D eigenvalue weighted by Crippen LogP contribution is 2.23. The van der Waals surface area contributed by atoms with Crippen LogP contribution in [0.4, 0.5) is 0 Å². The maximum absolute atomic E-state index is 12.2. The molecule has 1 aliphatic carbocycles. The molecule has 1 amide bonds. The molecule has 8 heteroatoms. The van der Waals surface area contributed by atoms with E-state index < -0.39 is 21.6 Å². The summed E-state index contributed by atoms with van der Waals surface area (Å²) in [7, 11) is -2.41. The summed E-state index contributed by atoms with van der Waals surface area (Å²) < 4.78 is 28.2. The third-order valence-electron chi connectivity index (χ3n) is 4.53. The van der Waals surface area contributed by atoms with Crippen molar-refractivity contribution in [2.45, 2.75) is 44.0 Å². The van der Waals surface area contributed by atoms with Crippen LogP contribution in [0.25, 0.3) is 0 Å². The van der Waals surface area contributed by atoms with Crippen molar-refractivity contribution in [3.63, 3.8) is 0 Å². The van der Waals surface area contributed by atoms with Gasteiger partial charge in [-0.15, -0.1) is 0 Å². The molecule has 0 bridgehead atoms. The van der Waals surface area contributed by atoms with Crippen LogP contribution in [-0.4, -0.2) is 39.2 Å². The predicted octanol–water partition coefficient (Wildman–Crippen LogP) is 0.908. The van der Waals surface area contributed by atoms with Crippen molar-refractivity contribution in [3.05, 3.63) is 35.4 Å². The molecule has 1 aliphatic rings. The zero-order valence-corrected chi connectivity index (χ0v) is 15.8. The van der Waals surface area contributed by atoms with Gasteiger partial charge in [0, 0.05) is 18.5 Å².